The highest BCUT2D eigenvalue weighted by molar-refractivity contribution is 9.10. The maximum absolute atomic E-state index is 12.7. The molecule has 26 heavy (non-hydrogen) atoms. The number of rotatable bonds is 2. The van der Waals surface area contributed by atoms with Gasteiger partial charge in [-0.15, -0.1) is 0 Å². The summed E-state index contributed by atoms with van der Waals surface area (Å²) in [6.07, 6.45) is 1.41. The van der Waals surface area contributed by atoms with Crippen LogP contribution < -0.4 is 0 Å². The maximum atomic E-state index is 12.7. The second-order valence-corrected chi connectivity index (χ2v) is 8.91. The van der Waals surface area contributed by atoms with Gasteiger partial charge in [0.25, 0.3) is 0 Å². The number of carbonyl (C=O) groups excluding carboxylic acids is 1. The van der Waals surface area contributed by atoms with Crippen molar-refractivity contribution in [3.8, 4) is 11.3 Å². The predicted molar refractivity (Wildman–Crippen MR) is 106 cm³/mol. The molecular formula is C19H23BrClN3O2. The van der Waals surface area contributed by atoms with Gasteiger partial charge >= 0.3 is 6.09 Å². The number of nitrogens with zero attached hydrogens (tertiary/aromatic N) is 2. The molecule has 1 amide bonds. The Morgan fingerprint density at radius 2 is 1.96 bits per heavy atom. The summed E-state index contributed by atoms with van der Waals surface area (Å²) in [5, 5.41) is 0.478. The number of halogens is 2. The lowest BCUT2D eigenvalue weighted by atomic mass is 10.2. The summed E-state index contributed by atoms with van der Waals surface area (Å²) in [6.45, 7) is 7.65. The summed E-state index contributed by atoms with van der Waals surface area (Å²) in [7, 11) is 0. The SMILES string of the molecule is CC1CCC(c2nc(-c3ccc(Br)cc3)c(Cl)[nH]2)N1C(=O)OC(C)(C)C. The Kier molecular flexibility index (Phi) is 5.35. The van der Waals surface area contributed by atoms with Crippen LogP contribution in [0.1, 0.15) is 52.4 Å². The van der Waals surface area contributed by atoms with Crippen LogP contribution in [0.25, 0.3) is 11.3 Å². The van der Waals surface area contributed by atoms with Crippen LogP contribution in [-0.2, 0) is 4.74 Å². The zero-order chi connectivity index (χ0) is 19.1. The molecule has 0 saturated carbocycles. The van der Waals surface area contributed by atoms with Crippen molar-refractivity contribution in [2.75, 3.05) is 0 Å². The van der Waals surface area contributed by atoms with Crippen molar-refractivity contribution >= 4 is 33.6 Å². The first-order valence-electron chi connectivity index (χ1n) is 8.68. The van der Waals surface area contributed by atoms with Crippen molar-refractivity contribution in [3.63, 3.8) is 0 Å². The minimum atomic E-state index is -0.534. The van der Waals surface area contributed by atoms with Crippen LogP contribution in [0, 0.1) is 0 Å². The molecule has 3 rings (SSSR count). The molecule has 0 radical (unpaired) electrons. The Morgan fingerprint density at radius 1 is 1.31 bits per heavy atom. The van der Waals surface area contributed by atoms with E-state index in [1.165, 1.54) is 0 Å². The van der Waals surface area contributed by atoms with Crippen molar-refractivity contribution < 1.29 is 9.53 Å². The van der Waals surface area contributed by atoms with Gasteiger partial charge in [0.1, 0.15) is 22.3 Å². The number of amides is 1. The summed E-state index contributed by atoms with van der Waals surface area (Å²) >= 11 is 9.83. The van der Waals surface area contributed by atoms with E-state index in [1.807, 2.05) is 52.0 Å². The Labute approximate surface area is 167 Å². The van der Waals surface area contributed by atoms with Crippen molar-refractivity contribution in [1.82, 2.24) is 14.9 Å². The number of hydrogen-bond donors (Lipinski definition) is 1. The van der Waals surface area contributed by atoms with E-state index in [-0.39, 0.29) is 18.2 Å². The van der Waals surface area contributed by atoms with E-state index in [1.54, 1.807) is 4.90 Å². The largest absolute Gasteiger partial charge is 0.444 e. The first-order chi connectivity index (χ1) is 12.2. The molecule has 2 unspecified atom stereocenters. The highest BCUT2D eigenvalue weighted by atomic mass is 79.9. The summed E-state index contributed by atoms with van der Waals surface area (Å²) in [5.74, 6) is 0.697. The van der Waals surface area contributed by atoms with Gasteiger partial charge in [0, 0.05) is 16.1 Å². The van der Waals surface area contributed by atoms with E-state index in [0.717, 1.165) is 22.9 Å². The molecule has 0 spiro atoms. The quantitative estimate of drug-likeness (QED) is 0.627. The number of benzene rings is 1. The van der Waals surface area contributed by atoms with Crippen molar-refractivity contribution in [2.24, 2.45) is 0 Å². The molecule has 2 aromatic rings. The number of aromatic amines is 1. The summed E-state index contributed by atoms with van der Waals surface area (Å²) in [5.41, 5.74) is 1.08. The molecular weight excluding hydrogens is 418 g/mol. The van der Waals surface area contributed by atoms with Gasteiger partial charge in [-0.3, -0.25) is 4.90 Å². The Morgan fingerprint density at radius 3 is 2.58 bits per heavy atom. The number of H-pyrrole nitrogens is 1. The first kappa shape index (κ1) is 19.2. The van der Waals surface area contributed by atoms with Crippen LogP contribution in [0.4, 0.5) is 4.79 Å². The van der Waals surface area contributed by atoms with E-state index in [0.29, 0.717) is 16.7 Å². The molecule has 140 valence electrons. The molecule has 1 aliphatic heterocycles. The molecule has 2 atom stereocenters. The van der Waals surface area contributed by atoms with Crippen LogP contribution in [0.3, 0.4) is 0 Å². The van der Waals surface area contributed by atoms with Gasteiger partial charge in [-0.25, -0.2) is 9.78 Å². The molecule has 1 aliphatic rings. The standard InChI is InChI=1S/C19H23BrClN3O2/c1-11-5-10-14(24(11)18(25)26-19(2,3)4)17-22-15(16(21)23-17)12-6-8-13(20)9-7-12/h6-9,11,14H,5,10H2,1-4H3,(H,22,23). The van der Waals surface area contributed by atoms with E-state index in [9.17, 15) is 4.79 Å². The number of hydrogen-bond acceptors (Lipinski definition) is 3. The molecule has 2 heterocycles. The number of ether oxygens (including phenoxy) is 1. The van der Waals surface area contributed by atoms with Gasteiger partial charge in [-0.1, -0.05) is 39.7 Å². The zero-order valence-electron chi connectivity index (χ0n) is 15.3. The third-order valence-electron chi connectivity index (χ3n) is 4.38. The van der Waals surface area contributed by atoms with Gasteiger partial charge in [0.15, 0.2) is 0 Å². The highest BCUT2D eigenvalue weighted by Gasteiger charge is 2.39. The second-order valence-electron chi connectivity index (χ2n) is 7.62. The van der Waals surface area contributed by atoms with Crippen molar-refractivity contribution in [2.45, 2.75) is 58.2 Å². The molecule has 7 heteroatoms. The Hall–Kier alpha value is -1.53. The van der Waals surface area contributed by atoms with E-state index >= 15 is 0 Å². The molecule has 1 fully saturated rings. The molecule has 1 saturated heterocycles. The number of nitrogens with one attached hydrogen (secondary N) is 1. The fourth-order valence-corrected chi connectivity index (χ4v) is 3.71. The molecule has 1 aromatic heterocycles. The molecule has 1 N–H and O–H groups in total. The Bertz CT molecular complexity index is 798. The van der Waals surface area contributed by atoms with Crippen LogP contribution in [0.15, 0.2) is 28.7 Å². The van der Waals surface area contributed by atoms with Crippen LogP contribution in [-0.4, -0.2) is 32.6 Å². The lowest BCUT2D eigenvalue weighted by Crippen LogP contribution is -2.40. The summed E-state index contributed by atoms with van der Waals surface area (Å²) in [6, 6.07) is 7.74. The molecule has 0 bridgehead atoms. The smallest absolute Gasteiger partial charge is 0.411 e. The number of carbonyl (C=O) groups is 1. The van der Waals surface area contributed by atoms with E-state index < -0.39 is 5.60 Å². The molecule has 0 aliphatic carbocycles. The zero-order valence-corrected chi connectivity index (χ0v) is 17.7. The third-order valence-corrected chi connectivity index (χ3v) is 5.19. The van der Waals surface area contributed by atoms with Crippen LogP contribution >= 0.6 is 27.5 Å². The van der Waals surface area contributed by atoms with Gasteiger partial charge < -0.3 is 9.72 Å². The van der Waals surface area contributed by atoms with Gasteiger partial charge in [-0.2, -0.15) is 0 Å². The fraction of sp³-hybridized carbons (Fsp3) is 0.474. The predicted octanol–water partition coefficient (Wildman–Crippen LogP) is 5.95. The lowest BCUT2D eigenvalue weighted by molar-refractivity contribution is 0.0152. The average Bonchev–Trinajstić information content (AvgIpc) is 3.09. The van der Waals surface area contributed by atoms with Gasteiger partial charge in [0.2, 0.25) is 0 Å². The number of likely N-dealkylation sites (tertiary alicyclic amines) is 1. The number of imidazole rings is 1. The maximum Gasteiger partial charge on any atom is 0.411 e. The Balaban J connectivity index is 1.89. The minimum absolute atomic E-state index is 0.0925. The van der Waals surface area contributed by atoms with E-state index in [2.05, 4.69) is 20.9 Å². The monoisotopic (exact) mass is 439 g/mol. The minimum Gasteiger partial charge on any atom is -0.444 e. The van der Waals surface area contributed by atoms with Crippen molar-refractivity contribution in [1.29, 1.82) is 0 Å². The average molecular weight is 441 g/mol. The third kappa shape index (κ3) is 4.07. The molecule has 1 aromatic carbocycles. The highest BCUT2D eigenvalue weighted by Crippen LogP contribution is 2.38. The first-order valence-corrected chi connectivity index (χ1v) is 9.85. The number of aromatic nitrogens is 2. The van der Waals surface area contributed by atoms with Gasteiger partial charge in [-0.05, 0) is 52.7 Å². The second kappa shape index (κ2) is 7.24. The lowest BCUT2D eigenvalue weighted by Gasteiger charge is -2.30. The fourth-order valence-electron chi connectivity index (χ4n) is 3.20. The van der Waals surface area contributed by atoms with Crippen LogP contribution in [0.5, 0.6) is 0 Å². The van der Waals surface area contributed by atoms with Crippen molar-refractivity contribution in [3.05, 3.63) is 39.7 Å². The van der Waals surface area contributed by atoms with Crippen LogP contribution in [0.2, 0.25) is 5.15 Å². The summed E-state index contributed by atoms with van der Waals surface area (Å²) in [4.78, 5) is 22.3. The summed E-state index contributed by atoms with van der Waals surface area (Å²) < 4.78 is 6.58. The van der Waals surface area contributed by atoms with Gasteiger partial charge in [0.05, 0.1) is 6.04 Å². The topological polar surface area (TPSA) is 58.2 Å². The molecule has 5 nitrogen and oxygen atoms in total. The van der Waals surface area contributed by atoms with E-state index in [4.69, 9.17) is 21.3 Å². The normalized spacial score (nSPS) is 20.5.